The molecule has 1 atom stereocenters. The summed E-state index contributed by atoms with van der Waals surface area (Å²) in [5.74, 6) is 0.543. The van der Waals surface area contributed by atoms with Gasteiger partial charge in [0.2, 0.25) is 5.91 Å². The van der Waals surface area contributed by atoms with Gasteiger partial charge in [-0.15, -0.1) is 0 Å². The number of carbonyl (C=O) groups excluding carboxylic acids is 2. The number of aryl methyl sites for hydroxylation is 1. The summed E-state index contributed by atoms with van der Waals surface area (Å²) in [7, 11) is 1.83. The summed E-state index contributed by atoms with van der Waals surface area (Å²) in [6, 6.07) is 14.8. The van der Waals surface area contributed by atoms with Gasteiger partial charge < -0.3 is 20.9 Å². The third-order valence-corrected chi connectivity index (χ3v) is 9.13. The highest BCUT2D eigenvalue weighted by Gasteiger charge is 2.33. The average Bonchev–Trinajstić information content (AvgIpc) is 3.70. The fourth-order valence-electron chi connectivity index (χ4n) is 6.64. The quantitative estimate of drug-likeness (QED) is 0.389. The van der Waals surface area contributed by atoms with E-state index < -0.39 is 0 Å². The van der Waals surface area contributed by atoms with Gasteiger partial charge in [0.25, 0.3) is 5.91 Å². The lowest BCUT2D eigenvalue weighted by atomic mass is 9.88. The Bertz CT molecular complexity index is 1240. The molecule has 2 aliphatic heterocycles. The molecule has 0 radical (unpaired) electrons. The highest BCUT2D eigenvalue weighted by atomic mass is 16.2. The maximum absolute atomic E-state index is 13.4. The third-order valence-electron chi connectivity index (χ3n) is 9.13. The van der Waals surface area contributed by atoms with E-state index in [1.54, 1.807) is 0 Å². The lowest BCUT2D eigenvalue weighted by Gasteiger charge is -2.32. The van der Waals surface area contributed by atoms with Gasteiger partial charge in [-0.2, -0.15) is 0 Å². The van der Waals surface area contributed by atoms with E-state index >= 15 is 0 Å². The molecule has 0 spiro atoms. The van der Waals surface area contributed by atoms with Crippen molar-refractivity contribution >= 4 is 29.3 Å². The second-order valence-electron chi connectivity index (χ2n) is 11.7. The van der Waals surface area contributed by atoms with E-state index in [0.717, 1.165) is 54.7 Å². The first kappa shape index (κ1) is 28.1. The van der Waals surface area contributed by atoms with Crippen molar-refractivity contribution in [1.29, 1.82) is 5.41 Å². The minimum Gasteiger partial charge on any atom is -0.393 e. The summed E-state index contributed by atoms with van der Waals surface area (Å²) >= 11 is 0. The van der Waals surface area contributed by atoms with Crippen molar-refractivity contribution < 1.29 is 9.59 Å². The molecule has 2 heterocycles. The van der Waals surface area contributed by atoms with Crippen molar-refractivity contribution in [1.82, 2.24) is 15.1 Å². The van der Waals surface area contributed by atoms with Crippen LogP contribution in [0.2, 0.25) is 0 Å². The Morgan fingerprint density at radius 2 is 1.62 bits per heavy atom. The molecule has 7 nitrogen and oxygen atoms in total. The van der Waals surface area contributed by atoms with Crippen molar-refractivity contribution in [2.24, 2.45) is 5.92 Å². The predicted molar refractivity (Wildman–Crippen MR) is 162 cm³/mol. The molecule has 0 bridgehead atoms. The van der Waals surface area contributed by atoms with Crippen LogP contribution in [0.3, 0.4) is 0 Å². The number of anilines is 1. The summed E-state index contributed by atoms with van der Waals surface area (Å²) in [4.78, 5) is 31.0. The van der Waals surface area contributed by atoms with Crippen molar-refractivity contribution in [3.8, 4) is 0 Å². The number of nitrogens with one attached hydrogen (secondary N) is 3. The number of nitrogens with zero attached hydrogens (tertiary/aromatic N) is 2. The number of allylic oxidation sites excluding steroid dienone is 1. The first-order valence-electron chi connectivity index (χ1n) is 14.9. The Hall–Kier alpha value is -3.45. The maximum Gasteiger partial charge on any atom is 0.253 e. The van der Waals surface area contributed by atoms with E-state index in [2.05, 4.69) is 39.8 Å². The number of carbonyl (C=O) groups is 2. The molecule has 3 N–H and O–H groups in total. The fourth-order valence-corrected chi connectivity index (χ4v) is 6.64. The largest absolute Gasteiger partial charge is 0.393 e. The molecule has 2 saturated heterocycles. The van der Waals surface area contributed by atoms with Gasteiger partial charge in [0.1, 0.15) is 0 Å². The van der Waals surface area contributed by atoms with Crippen molar-refractivity contribution in [3.05, 3.63) is 70.9 Å². The maximum atomic E-state index is 13.4. The van der Waals surface area contributed by atoms with Crippen LogP contribution in [0.1, 0.15) is 77.9 Å². The van der Waals surface area contributed by atoms with Gasteiger partial charge in [0, 0.05) is 62.0 Å². The lowest BCUT2D eigenvalue weighted by molar-refractivity contribution is -0.119. The zero-order valence-corrected chi connectivity index (χ0v) is 23.9. The smallest absolute Gasteiger partial charge is 0.253 e. The molecule has 2 aromatic carbocycles. The number of hydrogen-bond acceptors (Lipinski definition) is 5. The van der Waals surface area contributed by atoms with E-state index in [4.69, 9.17) is 5.41 Å². The number of rotatable bonds is 8. The SMILES string of the molecule is CN/C=C(\C=N)c1ccc(C2CCN(C(=O)c3ccc(C)c(NC(=O)C4CCN(C5CCCC5)C4)c3)CC2)cc1. The van der Waals surface area contributed by atoms with Crippen LogP contribution in [-0.2, 0) is 4.79 Å². The Balaban J connectivity index is 1.16. The van der Waals surface area contributed by atoms with Gasteiger partial charge in [-0.3, -0.25) is 14.5 Å². The minimum atomic E-state index is 0.0171. The lowest BCUT2D eigenvalue weighted by Crippen LogP contribution is -2.38. The predicted octanol–water partition coefficient (Wildman–Crippen LogP) is 5.43. The van der Waals surface area contributed by atoms with Crippen molar-refractivity contribution in [2.75, 3.05) is 38.5 Å². The number of benzene rings is 2. The van der Waals surface area contributed by atoms with Crippen LogP contribution in [0.25, 0.3) is 5.57 Å². The van der Waals surface area contributed by atoms with Gasteiger partial charge in [0.15, 0.2) is 0 Å². The molecule has 7 heteroatoms. The standard InChI is InChI=1S/C33H43N5O2/c1-23-7-8-27(19-31(23)36-32(39)28-15-18-38(22-28)30-5-3-4-6-30)33(40)37-16-13-26(14-17-37)24-9-11-25(12-10-24)29(20-34)21-35-2/h7-12,19-21,26,28,30,34-35H,3-6,13-18,22H2,1-2H3,(H,36,39)/b29-21+,34-20?. The van der Waals surface area contributed by atoms with Crippen LogP contribution in [0, 0.1) is 18.3 Å². The van der Waals surface area contributed by atoms with Crippen LogP contribution < -0.4 is 10.6 Å². The first-order chi connectivity index (χ1) is 19.5. The summed E-state index contributed by atoms with van der Waals surface area (Å²) < 4.78 is 0. The molecule has 2 amide bonds. The fraction of sp³-hybridized carbons (Fsp3) is 0.485. The number of hydrogen-bond donors (Lipinski definition) is 3. The summed E-state index contributed by atoms with van der Waals surface area (Å²) in [5.41, 5.74) is 5.51. The van der Waals surface area contributed by atoms with Crippen LogP contribution in [-0.4, -0.2) is 67.1 Å². The van der Waals surface area contributed by atoms with E-state index in [1.807, 2.05) is 43.3 Å². The molecule has 3 aliphatic rings. The van der Waals surface area contributed by atoms with E-state index in [0.29, 0.717) is 30.6 Å². The number of amides is 2. The van der Waals surface area contributed by atoms with Gasteiger partial charge in [-0.1, -0.05) is 43.2 Å². The molecule has 212 valence electrons. The Morgan fingerprint density at radius 1 is 0.925 bits per heavy atom. The van der Waals surface area contributed by atoms with Crippen LogP contribution in [0.4, 0.5) is 5.69 Å². The van der Waals surface area contributed by atoms with Crippen molar-refractivity contribution in [3.63, 3.8) is 0 Å². The molecule has 3 fully saturated rings. The monoisotopic (exact) mass is 541 g/mol. The Morgan fingerprint density at radius 3 is 2.30 bits per heavy atom. The molecule has 1 aliphatic carbocycles. The van der Waals surface area contributed by atoms with Crippen LogP contribution in [0.5, 0.6) is 0 Å². The van der Waals surface area contributed by atoms with Crippen LogP contribution >= 0.6 is 0 Å². The second kappa shape index (κ2) is 12.8. The first-order valence-corrected chi connectivity index (χ1v) is 14.9. The summed E-state index contributed by atoms with van der Waals surface area (Å²) in [6.45, 7) is 5.27. The molecule has 1 saturated carbocycles. The average molecular weight is 542 g/mol. The van der Waals surface area contributed by atoms with Crippen molar-refractivity contribution in [2.45, 2.75) is 63.8 Å². The van der Waals surface area contributed by atoms with Gasteiger partial charge >= 0.3 is 0 Å². The highest BCUT2D eigenvalue weighted by molar-refractivity contribution is 6.08. The summed E-state index contributed by atoms with van der Waals surface area (Å²) in [5, 5.41) is 13.8. The Kier molecular flexibility index (Phi) is 9.00. The Labute approximate surface area is 238 Å². The van der Waals surface area contributed by atoms with Gasteiger partial charge in [-0.25, -0.2) is 0 Å². The molecule has 2 aromatic rings. The molecule has 40 heavy (non-hydrogen) atoms. The number of likely N-dealkylation sites (tertiary alicyclic amines) is 2. The second-order valence-corrected chi connectivity index (χ2v) is 11.7. The molecular weight excluding hydrogens is 498 g/mol. The molecule has 1 unspecified atom stereocenters. The van der Waals surface area contributed by atoms with Crippen LogP contribution in [0.15, 0.2) is 48.7 Å². The van der Waals surface area contributed by atoms with Gasteiger partial charge in [0.05, 0.1) is 5.92 Å². The van der Waals surface area contributed by atoms with E-state index in [1.165, 1.54) is 37.5 Å². The summed E-state index contributed by atoms with van der Waals surface area (Å²) in [6.07, 6.45) is 11.1. The zero-order valence-electron chi connectivity index (χ0n) is 23.9. The topological polar surface area (TPSA) is 88.5 Å². The third kappa shape index (κ3) is 6.30. The van der Waals surface area contributed by atoms with E-state index in [-0.39, 0.29) is 17.7 Å². The normalized spacial score (nSPS) is 21.0. The molecule has 0 aromatic heterocycles. The minimum absolute atomic E-state index is 0.0171. The molecule has 5 rings (SSSR count). The van der Waals surface area contributed by atoms with E-state index in [9.17, 15) is 9.59 Å². The highest BCUT2D eigenvalue weighted by Crippen LogP contribution is 2.31. The molecular formula is C33H43N5O2. The number of piperidine rings is 1. The van der Waals surface area contributed by atoms with Gasteiger partial charge in [-0.05, 0) is 80.3 Å². The zero-order chi connectivity index (χ0) is 28.1.